The summed E-state index contributed by atoms with van der Waals surface area (Å²) in [6.07, 6.45) is 0. The van der Waals surface area contributed by atoms with Crippen LogP contribution in [-0.4, -0.2) is 8.42 Å². The lowest BCUT2D eigenvalue weighted by atomic mass is 10.1. The largest absolute Gasteiger partial charge is 0.326 e. The summed E-state index contributed by atoms with van der Waals surface area (Å²) in [5.74, 6) is -0.453. The molecule has 4 nitrogen and oxygen atoms in total. The van der Waals surface area contributed by atoms with Crippen LogP contribution in [0.1, 0.15) is 20.9 Å². The molecule has 0 saturated carbocycles. The minimum Gasteiger partial charge on any atom is -0.326 e. The van der Waals surface area contributed by atoms with Crippen LogP contribution in [0.25, 0.3) is 0 Å². The minimum atomic E-state index is -3.69. The van der Waals surface area contributed by atoms with E-state index in [1.807, 2.05) is 19.1 Å². The Bertz CT molecular complexity index is 754. The van der Waals surface area contributed by atoms with Crippen LogP contribution in [0.5, 0.6) is 0 Å². The molecule has 7 heteroatoms. The van der Waals surface area contributed by atoms with Gasteiger partial charge in [0.1, 0.15) is 5.82 Å². The molecule has 3 N–H and O–H groups in total. The van der Waals surface area contributed by atoms with Crippen molar-refractivity contribution in [3.05, 3.63) is 51.0 Å². The summed E-state index contributed by atoms with van der Waals surface area (Å²) in [6, 6.07) is 6.41. The number of aryl methyl sites for hydroxylation is 2. The van der Waals surface area contributed by atoms with Crippen LogP contribution in [0.3, 0.4) is 0 Å². The number of rotatable bonds is 5. The van der Waals surface area contributed by atoms with E-state index in [1.54, 1.807) is 0 Å². The number of sulfonamides is 1. The van der Waals surface area contributed by atoms with Gasteiger partial charge in [-0.15, -0.1) is 11.3 Å². The molecule has 1 aromatic heterocycles. The second kappa shape index (κ2) is 6.23. The summed E-state index contributed by atoms with van der Waals surface area (Å²) in [5, 5.41) is 0. The molecule has 0 aliphatic carbocycles. The maximum absolute atomic E-state index is 13.7. The third kappa shape index (κ3) is 3.68. The predicted molar refractivity (Wildman–Crippen MR) is 82.1 cm³/mol. The van der Waals surface area contributed by atoms with Crippen molar-refractivity contribution >= 4 is 21.4 Å². The number of thiophene rings is 1. The summed E-state index contributed by atoms with van der Waals surface area (Å²) >= 11 is 1.53. The first-order chi connectivity index (χ1) is 9.83. The fourth-order valence-corrected chi connectivity index (χ4v) is 4.00. The predicted octanol–water partition coefficient (Wildman–Crippen LogP) is 2.44. The number of hydrogen-bond donors (Lipinski definition) is 2. The highest BCUT2D eigenvalue weighted by atomic mass is 32.2. The minimum absolute atomic E-state index is 0.0372. The quantitative estimate of drug-likeness (QED) is 0.885. The highest BCUT2D eigenvalue weighted by Gasteiger charge is 2.18. The van der Waals surface area contributed by atoms with E-state index in [1.165, 1.54) is 30.4 Å². The normalized spacial score (nSPS) is 11.8. The molecule has 21 heavy (non-hydrogen) atoms. The van der Waals surface area contributed by atoms with Gasteiger partial charge in [0.2, 0.25) is 10.0 Å². The Labute approximate surface area is 127 Å². The van der Waals surface area contributed by atoms with E-state index in [0.717, 1.165) is 9.75 Å². The lowest BCUT2D eigenvalue weighted by molar-refractivity contribution is 0.578. The van der Waals surface area contributed by atoms with Crippen molar-refractivity contribution < 1.29 is 12.8 Å². The Morgan fingerprint density at radius 2 is 2.00 bits per heavy atom. The van der Waals surface area contributed by atoms with Gasteiger partial charge in [-0.25, -0.2) is 17.5 Å². The van der Waals surface area contributed by atoms with Crippen LogP contribution in [-0.2, 0) is 23.1 Å². The molecule has 0 spiro atoms. The third-order valence-corrected chi connectivity index (χ3v) is 5.45. The molecule has 2 aromatic rings. The smallest absolute Gasteiger partial charge is 0.240 e. The first-order valence-corrected chi connectivity index (χ1v) is 8.67. The molecule has 0 aliphatic rings. The molecule has 0 amide bonds. The Balaban J connectivity index is 2.25. The summed E-state index contributed by atoms with van der Waals surface area (Å²) < 4.78 is 40.8. The van der Waals surface area contributed by atoms with Gasteiger partial charge >= 0.3 is 0 Å². The molecule has 2 rings (SSSR count). The summed E-state index contributed by atoms with van der Waals surface area (Å²) in [4.78, 5) is 2.08. The Morgan fingerprint density at radius 3 is 2.57 bits per heavy atom. The molecule has 0 atom stereocenters. The van der Waals surface area contributed by atoms with Crippen molar-refractivity contribution in [2.24, 2.45) is 5.73 Å². The van der Waals surface area contributed by atoms with Gasteiger partial charge in [0, 0.05) is 28.4 Å². The van der Waals surface area contributed by atoms with Crippen molar-refractivity contribution in [2.45, 2.75) is 31.8 Å². The zero-order chi connectivity index (χ0) is 15.6. The molecule has 0 aliphatic heterocycles. The van der Waals surface area contributed by atoms with Crippen molar-refractivity contribution in [1.29, 1.82) is 0 Å². The average molecular weight is 328 g/mol. The Hall–Kier alpha value is -1.28. The molecular weight excluding hydrogens is 311 g/mol. The van der Waals surface area contributed by atoms with Gasteiger partial charge in [0.25, 0.3) is 0 Å². The van der Waals surface area contributed by atoms with Gasteiger partial charge in [0.15, 0.2) is 0 Å². The fraction of sp³-hybridized carbons (Fsp3) is 0.286. The molecular formula is C14H17FN2O2S2. The molecule has 0 fully saturated rings. The molecule has 114 valence electrons. The van der Waals surface area contributed by atoms with Gasteiger partial charge in [-0.1, -0.05) is 0 Å². The van der Waals surface area contributed by atoms with Crippen LogP contribution in [0.4, 0.5) is 4.39 Å². The Morgan fingerprint density at radius 1 is 1.29 bits per heavy atom. The van der Waals surface area contributed by atoms with E-state index in [9.17, 15) is 12.8 Å². The standard InChI is InChI=1S/C14H17FN2O2S2/c1-9-5-13(6-11(7-16)14(9)15)21(18,19)17-8-12-4-3-10(2)20-12/h3-6,17H,7-8,16H2,1-2H3. The number of benzene rings is 1. The SMILES string of the molecule is Cc1ccc(CNS(=O)(=O)c2cc(C)c(F)c(CN)c2)s1. The van der Waals surface area contributed by atoms with Gasteiger partial charge in [0.05, 0.1) is 4.90 Å². The Kier molecular flexibility index (Phi) is 4.77. The number of halogens is 1. The highest BCUT2D eigenvalue weighted by molar-refractivity contribution is 7.89. The van der Waals surface area contributed by atoms with Crippen molar-refractivity contribution in [2.75, 3.05) is 0 Å². The van der Waals surface area contributed by atoms with Crippen LogP contribution >= 0.6 is 11.3 Å². The lowest BCUT2D eigenvalue weighted by Crippen LogP contribution is -2.23. The average Bonchev–Trinajstić information content (AvgIpc) is 2.85. The molecule has 0 bridgehead atoms. The van der Waals surface area contributed by atoms with Crippen molar-refractivity contribution in [3.63, 3.8) is 0 Å². The summed E-state index contributed by atoms with van der Waals surface area (Å²) in [5.41, 5.74) is 5.91. The second-order valence-corrected chi connectivity index (χ2v) is 7.89. The monoisotopic (exact) mass is 328 g/mol. The maximum Gasteiger partial charge on any atom is 0.240 e. The molecule has 0 radical (unpaired) electrons. The van der Waals surface area contributed by atoms with Gasteiger partial charge in [-0.05, 0) is 43.7 Å². The second-order valence-electron chi connectivity index (χ2n) is 4.75. The first kappa shape index (κ1) is 16.1. The van der Waals surface area contributed by atoms with Crippen LogP contribution in [0.15, 0.2) is 29.2 Å². The zero-order valence-electron chi connectivity index (χ0n) is 11.8. The fourth-order valence-electron chi connectivity index (χ4n) is 1.94. The number of nitrogens with two attached hydrogens (primary N) is 1. The van der Waals surface area contributed by atoms with E-state index in [0.29, 0.717) is 0 Å². The van der Waals surface area contributed by atoms with E-state index in [2.05, 4.69) is 4.72 Å². The van der Waals surface area contributed by atoms with Crippen LogP contribution in [0, 0.1) is 19.7 Å². The van der Waals surface area contributed by atoms with Crippen molar-refractivity contribution in [1.82, 2.24) is 4.72 Å². The molecule has 0 saturated heterocycles. The first-order valence-electron chi connectivity index (χ1n) is 6.37. The molecule has 1 heterocycles. The van der Waals surface area contributed by atoms with Gasteiger partial charge in [-0.2, -0.15) is 0 Å². The summed E-state index contributed by atoms with van der Waals surface area (Å²) in [7, 11) is -3.69. The summed E-state index contributed by atoms with van der Waals surface area (Å²) in [6.45, 7) is 3.66. The zero-order valence-corrected chi connectivity index (χ0v) is 13.4. The van der Waals surface area contributed by atoms with E-state index in [4.69, 9.17) is 5.73 Å². The topological polar surface area (TPSA) is 72.2 Å². The van der Waals surface area contributed by atoms with Gasteiger partial charge in [-0.3, -0.25) is 0 Å². The molecule has 0 unspecified atom stereocenters. The molecule has 1 aromatic carbocycles. The lowest BCUT2D eigenvalue weighted by Gasteiger charge is -2.10. The highest BCUT2D eigenvalue weighted by Crippen LogP contribution is 2.20. The van der Waals surface area contributed by atoms with Crippen molar-refractivity contribution in [3.8, 4) is 0 Å². The third-order valence-electron chi connectivity index (χ3n) is 3.07. The van der Waals surface area contributed by atoms with E-state index >= 15 is 0 Å². The number of hydrogen-bond acceptors (Lipinski definition) is 4. The number of nitrogens with one attached hydrogen (secondary N) is 1. The van der Waals surface area contributed by atoms with Crippen LogP contribution < -0.4 is 10.5 Å². The van der Waals surface area contributed by atoms with E-state index in [-0.39, 0.29) is 29.1 Å². The van der Waals surface area contributed by atoms with Crippen LogP contribution in [0.2, 0.25) is 0 Å². The van der Waals surface area contributed by atoms with Gasteiger partial charge < -0.3 is 5.73 Å². The maximum atomic E-state index is 13.7. The van der Waals surface area contributed by atoms with E-state index < -0.39 is 15.8 Å².